The van der Waals surface area contributed by atoms with Crippen LogP contribution in [0.15, 0.2) is 46.6 Å². The first-order valence-electron chi connectivity index (χ1n) is 11.8. The monoisotopic (exact) mass is 480 g/mol. The van der Waals surface area contributed by atoms with Crippen LogP contribution >= 0.6 is 11.3 Å². The van der Waals surface area contributed by atoms with Crippen molar-refractivity contribution in [1.82, 2.24) is 20.4 Å². The summed E-state index contributed by atoms with van der Waals surface area (Å²) < 4.78 is 5.33. The van der Waals surface area contributed by atoms with E-state index < -0.39 is 12.0 Å². The molecule has 3 heterocycles. The fraction of sp³-hybridized carbons (Fsp3) is 0.462. The highest BCUT2D eigenvalue weighted by atomic mass is 32.1. The topological polar surface area (TPSA) is 88.3 Å². The lowest BCUT2D eigenvalue weighted by molar-refractivity contribution is -0.141. The fourth-order valence-corrected chi connectivity index (χ4v) is 5.54. The molecule has 1 aromatic carbocycles. The van der Waals surface area contributed by atoms with E-state index in [0.29, 0.717) is 18.7 Å². The summed E-state index contributed by atoms with van der Waals surface area (Å²) >= 11 is 1.62. The third kappa shape index (κ3) is 4.92. The molecule has 4 rings (SSSR count). The smallest absolute Gasteiger partial charge is 0.243 e. The van der Waals surface area contributed by atoms with E-state index in [2.05, 4.69) is 34.5 Å². The number of hydrogen-bond donors (Lipinski definition) is 1. The highest BCUT2D eigenvalue weighted by Crippen LogP contribution is 2.33. The van der Waals surface area contributed by atoms with Gasteiger partial charge in [0, 0.05) is 12.6 Å². The largest absolute Gasteiger partial charge is 0.361 e. The first-order valence-corrected chi connectivity index (χ1v) is 12.7. The minimum absolute atomic E-state index is 0.0275. The number of amides is 2. The molecule has 7 nitrogen and oxygen atoms in total. The van der Waals surface area contributed by atoms with Crippen molar-refractivity contribution in [3.05, 3.63) is 59.1 Å². The molecular formula is C26H32N4O3S. The summed E-state index contributed by atoms with van der Waals surface area (Å²) in [6, 6.07) is 9.28. The van der Waals surface area contributed by atoms with Crippen LogP contribution in [-0.2, 0) is 9.59 Å². The number of benzene rings is 1. The van der Waals surface area contributed by atoms with Gasteiger partial charge >= 0.3 is 0 Å². The van der Waals surface area contributed by atoms with E-state index >= 15 is 0 Å². The number of aryl methyl sites for hydroxylation is 1. The minimum Gasteiger partial charge on any atom is -0.361 e. The highest BCUT2D eigenvalue weighted by Gasteiger charge is 2.42. The Labute approximate surface area is 204 Å². The van der Waals surface area contributed by atoms with E-state index in [1.165, 1.54) is 0 Å². The molecule has 2 aromatic heterocycles. The Bertz CT molecular complexity index is 1120. The molecule has 4 atom stereocenters. The number of thiazole rings is 1. The van der Waals surface area contributed by atoms with Gasteiger partial charge in [-0.15, -0.1) is 11.3 Å². The Morgan fingerprint density at radius 1 is 1.18 bits per heavy atom. The normalized spacial score (nSPS) is 19.9. The second-order valence-electron chi connectivity index (χ2n) is 9.60. The first-order chi connectivity index (χ1) is 16.3. The minimum atomic E-state index is -0.492. The Morgan fingerprint density at radius 3 is 2.50 bits per heavy atom. The lowest BCUT2D eigenvalue weighted by Gasteiger charge is -2.29. The maximum Gasteiger partial charge on any atom is 0.243 e. The molecule has 0 spiro atoms. The Kier molecular flexibility index (Phi) is 7.16. The van der Waals surface area contributed by atoms with Crippen LogP contribution in [0.2, 0.25) is 0 Å². The summed E-state index contributed by atoms with van der Waals surface area (Å²) in [7, 11) is 0. The van der Waals surface area contributed by atoms with E-state index in [1.54, 1.807) is 28.5 Å². The number of rotatable bonds is 7. The van der Waals surface area contributed by atoms with Gasteiger partial charge in [-0.25, -0.2) is 4.98 Å². The third-order valence-electron chi connectivity index (χ3n) is 6.57. The van der Waals surface area contributed by atoms with Crippen molar-refractivity contribution in [2.24, 2.45) is 11.8 Å². The second-order valence-corrected chi connectivity index (χ2v) is 10.5. The average molecular weight is 481 g/mol. The van der Waals surface area contributed by atoms with Crippen molar-refractivity contribution in [2.45, 2.75) is 59.0 Å². The molecule has 1 fully saturated rings. The first kappa shape index (κ1) is 24.1. The molecule has 0 saturated carbocycles. The summed E-state index contributed by atoms with van der Waals surface area (Å²) in [6.07, 6.45) is 2.20. The van der Waals surface area contributed by atoms with Gasteiger partial charge in [0.2, 0.25) is 11.8 Å². The average Bonchev–Trinajstić information content (AvgIpc) is 3.55. The molecule has 180 valence electrons. The standard InChI is InChI=1S/C26H32N4O3S/c1-15(2)23(22-10-11-28-33-22)26(32)30-13-16(3)12-21(30)25(31)29-17(4)19-6-8-20(9-7-19)24-18(5)27-14-34-24/h6-11,14-17,21,23H,12-13H2,1-5H3,(H,29,31)/t16-,17+,21+,23+/m1/s1. The predicted octanol–water partition coefficient (Wildman–Crippen LogP) is 4.96. The van der Waals surface area contributed by atoms with Crippen LogP contribution in [0.5, 0.6) is 0 Å². The molecule has 1 aliphatic rings. The number of aromatic nitrogens is 2. The van der Waals surface area contributed by atoms with Gasteiger partial charge in [0.25, 0.3) is 0 Å². The number of likely N-dealkylation sites (tertiary alicyclic amines) is 1. The molecule has 8 heteroatoms. The van der Waals surface area contributed by atoms with Crippen LogP contribution in [0.4, 0.5) is 0 Å². The molecule has 3 aromatic rings. The van der Waals surface area contributed by atoms with Crippen LogP contribution in [0.3, 0.4) is 0 Å². The third-order valence-corrected chi connectivity index (χ3v) is 7.55. The van der Waals surface area contributed by atoms with Gasteiger partial charge < -0.3 is 14.7 Å². The zero-order chi connectivity index (χ0) is 24.4. The zero-order valence-electron chi connectivity index (χ0n) is 20.3. The summed E-state index contributed by atoms with van der Waals surface area (Å²) in [5.41, 5.74) is 5.01. The number of carbonyl (C=O) groups is 2. The van der Waals surface area contributed by atoms with Gasteiger partial charge in [0.15, 0.2) is 0 Å². The summed E-state index contributed by atoms with van der Waals surface area (Å²) in [5, 5.41) is 6.91. The summed E-state index contributed by atoms with van der Waals surface area (Å²) in [4.78, 5) is 34.1. The van der Waals surface area contributed by atoms with Crippen molar-refractivity contribution in [1.29, 1.82) is 0 Å². The number of carbonyl (C=O) groups excluding carboxylic acids is 2. The van der Waals surface area contributed by atoms with Gasteiger partial charge in [-0.2, -0.15) is 0 Å². The summed E-state index contributed by atoms with van der Waals surface area (Å²) in [5.74, 6) is 0.173. The van der Waals surface area contributed by atoms with E-state index in [1.807, 2.05) is 45.3 Å². The maximum atomic E-state index is 13.5. The van der Waals surface area contributed by atoms with E-state index in [9.17, 15) is 9.59 Å². The van der Waals surface area contributed by atoms with Crippen LogP contribution in [0.25, 0.3) is 10.4 Å². The SMILES string of the molecule is Cc1ncsc1-c1ccc([C@H](C)NC(=O)[C@@H]2C[C@@H](C)CN2C(=O)[C@H](c2ccno2)C(C)C)cc1. The highest BCUT2D eigenvalue weighted by molar-refractivity contribution is 7.13. The number of nitrogens with one attached hydrogen (secondary N) is 1. The molecule has 1 N–H and O–H groups in total. The van der Waals surface area contributed by atoms with Gasteiger partial charge in [-0.05, 0) is 43.2 Å². The van der Waals surface area contributed by atoms with Crippen molar-refractivity contribution in [3.63, 3.8) is 0 Å². The Balaban J connectivity index is 1.47. The van der Waals surface area contributed by atoms with E-state index in [0.717, 1.165) is 21.7 Å². The number of nitrogens with zero attached hydrogens (tertiary/aromatic N) is 3. The lowest BCUT2D eigenvalue weighted by atomic mass is 9.91. The van der Waals surface area contributed by atoms with Gasteiger partial charge in [-0.3, -0.25) is 9.59 Å². The van der Waals surface area contributed by atoms with Crippen LogP contribution in [0, 0.1) is 18.8 Å². The van der Waals surface area contributed by atoms with Crippen molar-refractivity contribution < 1.29 is 14.1 Å². The van der Waals surface area contributed by atoms with Crippen LogP contribution in [-0.4, -0.2) is 39.4 Å². The van der Waals surface area contributed by atoms with Crippen LogP contribution in [0.1, 0.15) is 63.1 Å². The zero-order valence-corrected chi connectivity index (χ0v) is 21.1. The lowest BCUT2D eigenvalue weighted by Crippen LogP contribution is -2.48. The molecule has 0 aliphatic carbocycles. The Morgan fingerprint density at radius 2 is 1.91 bits per heavy atom. The molecule has 34 heavy (non-hydrogen) atoms. The van der Waals surface area contributed by atoms with Crippen LogP contribution < -0.4 is 5.32 Å². The molecular weight excluding hydrogens is 448 g/mol. The number of hydrogen-bond acceptors (Lipinski definition) is 6. The van der Waals surface area contributed by atoms with E-state index in [-0.39, 0.29) is 29.7 Å². The van der Waals surface area contributed by atoms with Gasteiger partial charge in [0.05, 0.1) is 28.3 Å². The molecule has 1 saturated heterocycles. The van der Waals surface area contributed by atoms with Crippen molar-refractivity contribution in [2.75, 3.05) is 6.54 Å². The van der Waals surface area contributed by atoms with Crippen molar-refractivity contribution in [3.8, 4) is 10.4 Å². The fourth-order valence-electron chi connectivity index (χ4n) is 4.73. The van der Waals surface area contributed by atoms with Crippen molar-refractivity contribution >= 4 is 23.2 Å². The summed E-state index contributed by atoms with van der Waals surface area (Å²) in [6.45, 7) is 10.6. The maximum absolute atomic E-state index is 13.5. The predicted molar refractivity (Wildman–Crippen MR) is 132 cm³/mol. The molecule has 0 unspecified atom stereocenters. The second kappa shape index (κ2) is 10.1. The van der Waals surface area contributed by atoms with E-state index in [4.69, 9.17) is 4.52 Å². The molecule has 1 aliphatic heterocycles. The quantitative estimate of drug-likeness (QED) is 0.516. The Hall–Kier alpha value is -3.00. The van der Waals surface area contributed by atoms with Gasteiger partial charge in [-0.1, -0.05) is 50.2 Å². The molecule has 2 amide bonds. The van der Waals surface area contributed by atoms with Gasteiger partial charge in [0.1, 0.15) is 17.7 Å². The molecule has 0 radical (unpaired) electrons. The molecule has 0 bridgehead atoms.